The molecule has 0 radical (unpaired) electrons. The molecule has 0 unspecified atom stereocenters. The second-order valence-corrected chi connectivity index (χ2v) is 12.1. The van der Waals surface area contributed by atoms with Gasteiger partial charge in [0.15, 0.2) is 0 Å². The Hall–Kier alpha value is -0.741. The predicted octanol–water partition coefficient (Wildman–Crippen LogP) is 2.62. The van der Waals surface area contributed by atoms with E-state index in [-0.39, 0.29) is 41.4 Å². The Morgan fingerprint density at radius 3 is 2.67 bits per heavy atom. The fourth-order valence-corrected chi connectivity index (χ4v) is 9.68. The number of rotatable bonds is 2. The molecule has 0 fully saturated rings. The molecule has 0 aliphatic carbocycles. The number of fused-ring (bicyclic) bond motifs is 2. The molecule has 3 aromatic rings. The van der Waals surface area contributed by atoms with E-state index < -0.39 is 0 Å². The molecule has 0 N–H and O–H groups in total. The minimum absolute atomic E-state index is 0.344. The van der Waals surface area contributed by atoms with Crippen LogP contribution in [0.15, 0.2) is 63.4 Å². The van der Waals surface area contributed by atoms with Crippen LogP contribution in [-0.4, -0.2) is 48.4 Å². The van der Waals surface area contributed by atoms with Crippen LogP contribution in [-0.2, 0) is 7.05 Å². The van der Waals surface area contributed by atoms with Crippen molar-refractivity contribution >= 4 is 77.2 Å². The number of nitrogens with zero attached hydrogens (tertiary/aromatic N) is 2. The summed E-state index contributed by atoms with van der Waals surface area (Å²) in [6, 6.07) is 17.4. The number of anilines is 1. The molecule has 0 amide bonds. The molecular weight excluding hydrogens is 547 g/mol. The maximum atomic E-state index is 6.61. The molecule has 4 rings (SSSR count). The van der Waals surface area contributed by atoms with Crippen LogP contribution in [0.3, 0.4) is 0 Å². The fraction of sp³-hybridized carbons (Fsp3) is 0.105. The van der Waals surface area contributed by atoms with Gasteiger partial charge in [0.25, 0.3) is 0 Å². The summed E-state index contributed by atoms with van der Waals surface area (Å²) in [6.45, 7) is 0. The van der Waals surface area contributed by atoms with E-state index in [0.717, 1.165) is 5.03 Å². The minimum atomic E-state index is -0.344. The van der Waals surface area contributed by atoms with Gasteiger partial charge in [0.1, 0.15) is 0 Å². The average Bonchev–Trinajstić information content (AvgIpc) is 3.06. The molecule has 5 heteroatoms. The number of hydrogen-bond donors (Lipinski definition) is 0. The van der Waals surface area contributed by atoms with Crippen molar-refractivity contribution in [1.82, 2.24) is 0 Å². The SMILES string of the molecule is CN1C(=CC(Cl)=Cc2[te]c3ccccc3[n+]2C)[Te]c2ccccc21. The zero-order valence-electron chi connectivity index (χ0n) is 13.4. The molecule has 2 nitrogen and oxygen atoms in total. The molecule has 1 aliphatic rings. The van der Waals surface area contributed by atoms with Gasteiger partial charge in [0.05, 0.1) is 0 Å². The molecule has 0 saturated heterocycles. The van der Waals surface area contributed by atoms with Gasteiger partial charge >= 0.3 is 168 Å². The third-order valence-corrected chi connectivity index (χ3v) is 10.9. The first-order chi connectivity index (χ1) is 11.6. The molecule has 0 spiro atoms. The number of hydrogen-bond acceptors (Lipinski definition) is 1. The van der Waals surface area contributed by atoms with E-state index in [1.54, 1.807) is 0 Å². The van der Waals surface area contributed by atoms with Crippen molar-refractivity contribution in [2.24, 2.45) is 7.05 Å². The Kier molecular flexibility index (Phi) is 4.79. The van der Waals surface area contributed by atoms with Crippen molar-refractivity contribution < 1.29 is 4.57 Å². The first-order valence-electron chi connectivity index (χ1n) is 7.60. The van der Waals surface area contributed by atoms with Gasteiger partial charge in [-0.05, 0) is 0 Å². The second kappa shape index (κ2) is 6.87. The Morgan fingerprint density at radius 1 is 1.12 bits per heavy atom. The molecule has 0 bridgehead atoms. The summed E-state index contributed by atoms with van der Waals surface area (Å²) in [6.07, 6.45) is 4.33. The number of benzene rings is 2. The molecule has 2 heterocycles. The van der Waals surface area contributed by atoms with Crippen LogP contribution in [0.25, 0.3) is 15.0 Å². The number of aryl methyl sites for hydroxylation is 1. The zero-order chi connectivity index (χ0) is 16.7. The van der Waals surface area contributed by atoms with E-state index in [1.807, 2.05) is 0 Å². The fourth-order valence-electron chi connectivity index (χ4n) is 2.77. The standard InChI is InChI=1S/C19H16ClN2Te2/c1-21-14-7-3-5-9-16(14)23-18(21)11-13(20)12-19-22(2)15-8-4-6-10-17(15)24-19/h3-12H,1-2H3/q+1. The van der Waals surface area contributed by atoms with Crippen LogP contribution in [0.5, 0.6) is 0 Å². The molecule has 120 valence electrons. The van der Waals surface area contributed by atoms with Crippen molar-refractivity contribution in [1.29, 1.82) is 0 Å². The van der Waals surface area contributed by atoms with E-state index in [2.05, 4.69) is 84.2 Å². The summed E-state index contributed by atoms with van der Waals surface area (Å²) in [5.74, 6) is 0. The van der Waals surface area contributed by atoms with Crippen molar-refractivity contribution in [2.45, 2.75) is 0 Å². The summed E-state index contributed by atoms with van der Waals surface area (Å²) in [7, 11) is 4.29. The molecule has 2 aromatic carbocycles. The van der Waals surface area contributed by atoms with Crippen LogP contribution in [0.4, 0.5) is 5.69 Å². The average molecular weight is 563 g/mol. The normalized spacial score (nSPS) is 16.2. The Morgan fingerprint density at radius 2 is 1.88 bits per heavy atom. The van der Waals surface area contributed by atoms with Crippen LogP contribution < -0.4 is 13.1 Å². The van der Waals surface area contributed by atoms with Crippen LogP contribution >= 0.6 is 11.6 Å². The van der Waals surface area contributed by atoms with Gasteiger partial charge in [0, 0.05) is 0 Å². The van der Waals surface area contributed by atoms with Crippen LogP contribution in [0.2, 0.25) is 0 Å². The van der Waals surface area contributed by atoms with Crippen molar-refractivity contribution in [2.75, 3.05) is 11.9 Å². The molecular formula is C19H16ClN2Te2+. The monoisotopic (exact) mass is 567 g/mol. The second-order valence-electron chi connectivity index (χ2n) is 5.61. The summed E-state index contributed by atoms with van der Waals surface area (Å²) >= 11 is 5.92. The van der Waals surface area contributed by atoms with E-state index in [9.17, 15) is 0 Å². The number of para-hydroxylation sites is 2. The molecule has 0 atom stereocenters. The number of halogens is 1. The van der Waals surface area contributed by atoms with Gasteiger partial charge in [-0.3, -0.25) is 0 Å². The topological polar surface area (TPSA) is 7.12 Å². The molecule has 0 saturated carbocycles. The summed E-state index contributed by atoms with van der Waals surface area (Å²) in [4.78, 5) is 2.29. The zero-order valence-corrected chi connectivity index (χ0v) is 18.8. The first-order valence-corrected chi connectivity index (χ1v) is 12.6. The third-order valence-electron chi connectivity index (χ3n) is 4.07. The van der Waals surface area contributed by atoms with E-state index >= 15 is 0 Å². The van der Waals surface area contributed by atoms with E-state index in [0.29, 0.717) is 0 Å². The quantitative estimate of drug-likeness (QED) is 0.344. The summed E-state index contributed by atoms with van der Waals surface area (Å²) in [5.41, 5.74) is 2.67. The number of aromatic nitrogens is 1. The van der Waals surface area contributed by atoms with Gasteiger partial charge in [-0.1, -0.05) is 0 Å². The van der Waals surface area contributed by atoms with Crippen LogP contribution in [0, 0.1) is 0 Å². The summed E-state index contributed by atoms with van der Waals surface area (Å²) in [5, 5.41) is 0.842. The van der Waals surface area contributed by atoms with Gasteiger partial charge < -0.3 is 0 Å². The molecule has 24 heavy (non-hydrogen) atoms. The van der Waals surface area contributed by atoms with Crippen molar-refractivity contribution in [3.63, 3.8) is 0 Å². The third kappa shape index (κ3) is 3.08. The predicted molar refractivity (Wildman–Crippen MR) is 104 cm³/mol. The van der Waals surface area contributed by atoms with Crippen molar-refractivity contribution in [3.05, 3.63) is 67.1 Å². The summed E-state index contributed by atoms with van der Waals surface area (Å²) < 4.78 is 8.03. The molecule has 1 aromatic heterocycles. The first kappa shape index (κ1) is 16.7. The van der Waals surface area contributed by atoms with Gasteiger partial charge in [0.2, 0.25) is 0 Å². The Balaban J connectivity index is 1.67. The molecule has 1 aliphatic heterocycles. The Labute approximate surface area is 166 Å². The van der Waals surface area contributed by atoms with Crippen molar-refractivity contribution in [3.8, 4) is 0 Å². The van der Waals surface area contributed by atoms with E-state index in [4.69, 9.17) is 11.6 Å². The van der Waals surface area contributed by atoms with Gasteiger partial charge in [-0.2, -0.15) is 0 Å². The van der Waals surface area contributed by atoms with Crippen LogP contribution in [0.1, 0.15) is 3.71 Å². The van der Waals surface area contributed by atoms with Gasteiger partial charge in [-0.25, -0.2) is 0 Å². The van der Waals surface area contributed by atoms with E-state index in [1.165, 1.54) is 25.7 Å². The Bertz CT molecular complexity index is 988. The maximum absolute atomic E-state index is 6.61. The number of allylic oxidation sites excluding steroid dienone is 2. The van der Waals surface area contributed by atoms with Gasteiger partial charge in [-0.15, -0.1) is 0 Å².